The van der Waals surface area contributed by atoms with E-state index in [9.17, 15) is 9.90 Å². The van der Waals surface area contributed by atoms with E-state index in [0.29, 0.717) is 38.5 Å². The minimum absolute atomic E-state index is 0.00537. The smallest absolute Gasteiger partial charge is 0.220 e. The maximum Gasteiger partial charge on any atom is 0.220 e. The molecule has 0 aromatic carbocycles. The largest absolute Gasteiger partial charge is 0.386 e. The maximum atomic E-state index is 11.6. The van der Waals surface area contributed by atoms with Crippen molar-refractivity contribution in [2.75, 3.05) is 26.3 Å². The quantitative estimate of drug-likeness (QED) is 0.589. The highest BCUT2D eigenvalue weighted by atomic mass is 16.5. The molecule has 0 spiro atoms. The van der Waals surface area contributed by atoms with Gasteiger partial charge in [-0.15, -0.1) is 0 Å². The Balaban J connectivity index is 2.12. The summed E-state index contributed by atoms with van der Waals surface area (Å²) in [5.74, 6) is 0.470. The first-order valence-electron chi connectivity index (χ1n) is 6.32. The van der Waals surface area contributed by atoms with Crippen LogP contribution in [0.25, 0.3) is 0 Å². The Kier molecular flexibility index (Phi) is 5.88. The van der Waals surface area contributed by atoms with Gasteiger partial charge in [-0.1, -0.05) is 6.92 Å². The SMILES string of the molecule is CC(CCN)CCC(=O)NCC1(O)CCOC1. The van der Waals surface area contributed by atoms with Gasteiger partial charge in [0.25, 0.3) is 0 Å². The third-order valence-corrected chi connectivity index (χ3v) is 3.22. The van der Waals surface area contributed by atoms with Crippen molar-refractivity contribution in [1.29, 1.82) is 0 Å². The number of hydrogen-bond donors (Lipinski definition) is 3. The molecule has 0 saturated carbocycles. The molecule has 0 aromatic heterocycles. The molecule has 5 heteroatoms. The zero-order valence-corrected chi connectivity index (χ0v) is 10.6. The van der Waals surface area contributed by atoms with E-state index in [1.807, 2.05) is 0 Å². The zero-order valence-electron chi connectivity index (χ0n) is 10.6. The molecule has 5 nitrogen and oxygen atoms in total. The van der Waals surface area contributed by atoms with Gasteiger partial charge >= 0.3 is 0 Å². The van der Waals surface area contributed by atoms with Gasteiger partial charge in [0.05, 0.1) is 6.61 Å². The molecule has 1 aliphatic heterocycles. The Morgan fingerprint density at radius 3 is 2.94 bits per heavy atom. The lowest BCUT2D eigenvalue weighted by Crippen LogP contribution is -2.43. The molecule has 1 fully saturated rings. The van der Waals surface area contributed by atoms with Crippen LogP contribution in [0.2, 0.25) is 0 Å². The Hall–Kier alpha value is -0.650. The summed E-state index contributed by atoms with van der Waals surface area (Å²) in [6.07, 6.45) is 2.89. The molecule has 1 saturated heterocycles. The van der Waals surface area contributed by atoms with E-state index in [2.05, 4.69) is 12.2 Å². The average molecular weight is 244 g/mol. The van der Waals surface area contributed by atoms with Crippen LogP contribution in [-0.2, 0) is 9.53 Å². The summed E-state index contributed by atoms with van der Waals surface area (Å²) >= 11 is 0. The van der Waals surface area contributed by atoms with Crippen LogP contribution in [0.15, 0.2) is 0 Å². The number of carbonyl (C=O) groups excluding carboxylic acids is 1. The van der Waals surface area contributed by atoms with Gasteiger partial charge < -0.3 is 20.9 Å². The number of amides is 1. The van der Waals surface area contributed by atoms with Crippen molar-refractivity contribution in [2.24, 2.45) is 11.7 Å². The van der Waals surface area contributed by atoms with Gasteiger partial charge in [-0.25, -0.2) is 0 Å². The molecule has 1 aliphatic rings. The predicted octanol–water partition coefficient (Wildman–Crippen LogP) is 0.0191. The number of rotatable bonds is 7. The third-order valence-electron chi connectivity index (χ3n) is 3.22. The van der Waals surface area contributed by atoms with Crippen molar-refractivity contribution in [1.82, 2.24) is 5.32 Å². The molecule has 0 aliphatic carbocycles. The van der Waals surface area contributed by atoms with E-state index in [-0.39, 0.29) is 12.5 Å². The highest BCUT2D eigenvalue weighted by Crippen LogP contribution is 2.17. The lowest BCUT2D eigenvalue weighted by atomic mass is 10.0. The van der Waals surface area contributed by atoms with E-state index >= 15 is 0 Å². The minimum Gasteiger partial charge on any atom is -0.386 e. The van der Waals surface area contributed by atoms with Gasteiger partial charge in [-0.3, -0.25) is 4.79 Å². The summed E-state index contributed by atoms with van der Waals surface area (Å²) in [4.78, 5) is 11.6. The topological polar surface area (TPSA) is 84.6 Å². The van der Waals surface area contributed by atoms with Gasteiger partial charge in [0, 0.05) is 26.0 Å². The van der Waals surface area contributed by atoms with Crippen molar-refractivity contribution >= 4 is 5.91 Å². The Morgan fingerprint density at radius 2 is 2.35 bits per heavy atom. The van der Waals surface area contributed by atoms with Crippen molar-refractivity contribution in [3.8, 4) is 0 Å². The molecule has 100 valence electrons. The standard InChI is InChI=1S/C12H24N2O3/c1-10(4-6-13)2-3-11(15)14-8-12(16)5-7-17-9-12/h10,16H,2-9,13H2,1H3,(H,14,15). The first kappa shape index (κ1) is 14.4. The van der Waals surface area contributed by atoms with Crippen molar-refractivity contribution in [3.05, 3.63) is 0 Å². The first-order valence-corrected chi connectivity index (χ1v) is 6.32. The molecule has 0 bridgehead atoms. The van der Waals surface area contributed by atoms with Crippen LogP contribution >= 0.6 is 0 Å². The minimum atomic E-state index is -0.863. The molecule has 1 amide bonds. The third kappa shape index (κ3) is 5.48. The van der Waals surface area contributed by atoms with Crippen molar-refractivity contribution < 1.29 is 14.6 Å². The molecule has 4 N–H and O–H groups in total. The van der Waals surface area contributed by atoms with Gasteiger partial charge in [-0.2, -0.15) is 0 Å². The highest BCUT2D eigenvalue weighted by molar-refractivity contribution is 5.75. The summed E-state index contributed by atoms with van der Waals surface area (Å²) < 4.78 is 5.11. The van der Waals surface area contributed by atoms with Crippen LogP contribution in [0.1, 0.15) is 32.6 Å². The van der Waals surface area contributed by atoms with Crippen LogP contribution in [0.5, 0.6) is 0 Å². The molecule has 1 rings (SSSR count). The monoisotopic (exact) mass is 244 g/mol. The number of carbonyl (C=O) groups is 1. The fraction of sp³-hybridized carbons (Fsp3) is 0.917. The van der Waals surface area contributed by atoms with Gasteiger partial charge in [0.2, 0.25) is 5.91 Å². The van der Waals surface area contributed by atoms with Crippen LogP contribution in [0, 0.1) is 5.92 Å². The molecule has 2 atom stereocenters. The summed E-state index contributed by atoms with van der Waals surface area (Å²) in [5.41, 5.74) is 4.58. The fourth-order valence-corrected chi connectivity index (χ4v) is 1.89. The van der Waals surface area contributed by atoms with Crippen LogP contribution in [0.3, 0.4) is 0 Å². The molecule has 2 unspecified atom stereocenters. The van der Waals surface area contributed by atoms with Crippen molar-refractivity contribution in [2.45, 2.75) is 38.2 Å². The van der Waals surface area contributed by atoms with Gasteiger partial charge in [-0.05, 0) is 25.3 Å². The number of nitrogens with one attached hydrogen (secondary N) is 1. The second-order valence-electron chi connectivity index (χ2n) is 5.02. The molecule has 1 heterocycles. The highest BCUT2D eigenvalue weighted by Gasteiger charge is 2.32. The molecular weight excluding hydrogens is 220 g/mol. The molecular formula is C12H24N2O3. The van der Waals surface area contributed by atoms with Gasteiger partial charge in [0.1, 0.15) is 5.60 Å². The van der Waals surface area contributed by atoms with Crippen LogP contribution in [0.4, 0.5) is 0 Å². The number of hydrogen-bond acceptors (Lipinski definition) is 4. The second kappa shape index (κ2) is 6.93. The lowest BCUT2D eigenvalue weighted by molar-refractivity contribution is -0.122. The number of aliphatic hydroxyl groups is 1. The van der Waals surface area contributed by atoms with E-state index in [1.54, 1.807) is 0 Å². The average Bonchev–Trinajstić information content (AvgIpc) is 2.72. The lowest BCUT2D eigenvalue weighted by Gasteiger charge is -2.20. The molecule has 0 aromatic rings. The fourth-order valence-electron chi connectivity index (χ4n) is 1.89. The van der Waals surface area contributed by atoms with E-state index in [4.69, 9.17) is 10.5 Å². The summed E-state index contributed by atoms with van der Waals surface area (Å²) in [7, 11) is 0. The summed E-state index contributed by atoms with van der Waals surface area (Å²) in [6.45, 7) is 3.94. The molecule has 0 radical (unpaired) electrons. The second-order valence-corrected chi connectivity index (χ2v) is 5.02. The van der Waals surface area contributed by atoms with E-state index in [1.165, 1.54) is 0 Å². The van der Waals surface area contributed by atoms with Gasteiger partial charge in [0.15, 0.2) is 0 Å². The maximum absolute atomic E-state index is 11.6. The van der Waals surface area contributed by atoms with E-state index < -0.39 is 5.60 Å². The Morgan fingerprint density at radius 1 is 1.59 bits per heavy atom. The number of ether oxygens (including phenoxy) is 1. The van der Waals surface area contributed by atoms with Crippen LogP contribution < -0.4 is 11.1 Å². The Labute approximate surface area is 103 Å². The first-order chi connectivity index (χ1) is 8.06. The molecule has 17 heavy (non-hydrogen) atoms. The van der Waals surface area contributed by atoms with Crippen LogP contribution in [-0.4, -0.2) is 42.9 Å². The number of nitrogens with two attached hydrogens (primary N) is 1. The summed E-state index contributed by atoms with van der Waals surface area (Å²) in [6, 6.07) is 0. The van der Waals surface area contributed by atoms with Crippen molar-refractivity contribution in [3.63, 3.8) is 0 Å². The Bertz CT molecular complexity index is 240. The zero-order chi connectivity index (χ0) is 12.7. The summed E-state index contributed by atoms with van der Waals surface area (Å²) in [5, 5.41) is 12.7. The predicted molar refractivity (Wildman–Crippen MR) is 65.5 cm³/mol. The normalized spacial score (nSPS) is 25.8. The van der Waals surface area contributed by atoms with E-state index in [0.717, 1.165) is 12.8 Å².